The maximum absolute atomic E-state index is 10.7. The van der Waals surface area contributed by atoms with Gasteiger partial charge >= 0.3 is 31.4 Å². The van der Waals surface area contributed by atoms with Gasteiger partial charge in [-0.2, -0.15) is 26.3 Å². The van der Waals surface area contributed by atoms with Crippen LogP contribution < -0.4 is 21.2 Å². The fourth-order valence-electron chi connectivity index (χ4n) is 4.07. The first-order valence-electron chi connectivity index (χ1n) is 13.9. The molecule has 0 spiro atoms. The van der Waals surface area contributed by atoms with Crippen LogP contribution in [0.15, 0.2) is 121 Å². The molecule has 6 N–H and O–H groups in total. The van der Waals surface area contributed by atoms with Gasteiger partial charge in [-0.3, -0.25) is 0 Å². The molecule has 0 fully saturated rings. The fraction of sp³-hybridized carbons (Fsp3) is 0.226. The van der Waals surface area contributed by atoms with Crippen molar-refractivity contribution in [2.24, 2.45) is 0 Å². The van der Waals surface area contributed by atoms with Gasteiger partial charge in [-0.15, -0.1) is 23.2 Å². The molecule has 0 unspecified atom stereocenters. The summed E-state index contributed by atoms with van der Waals surface area (Å²) in [7, 11) is -13.6. The van der Waals surface area contributed by atoms with E-state index in [-0.39, 0.29) is 36.7 Å². The van der Waals surface area contributed by atoms with E-state index in [0.29, 0.717) is 0 Å². The molecule has 0 radical (unpaired) electrons. The van der Waals surface area contributed by atoms with Gasteiger partial charge in [-0.05, 0) is 61.4 Å². The van der Waals surface area contributed by atoms with Crippen molar-refractivity contribution in [2.75, 3.05) is 17.7 Å². The maximum atomic E-state index is 10.7. The van der Waals surface area contributed by atoms with Crippen LogP contribution in [0.4, 0.5) is 26.3 Å². The van der Waals surface area contributed by atoms with Crippen LogP contribution in [-0.4, -0.2) is 54.6 Å². The van der Waals surface area contributed by atoms with E-state index in [1.807, 2.05) is 0 Å². The van der Waals surface area contributed by atoms with Gasteiger partial charge in [0.05, 0.1) is 54.7 Å². The van der Waals surface area contributed by atoms with E-state index in [1.165, 1.54) is 46.4 Å². The molecular weight excluding hydrogens is 918 g/mol. The summed E-state index contributed by atoms with van der Waals surface area (Å²) in [6.45, 7) is 0. The molecule has 0 bridgehead atoms. The van der Waals surface area contributed by atoms with Crippen LogP contribution in [-0.2, 0) is 51.6 Å². The molecular formula is C31H38Cl2F6O8P2PdS2+4. The molecule has 8 nitrogen and oxygen atoms in total. The number of halogens is 8. The monoisotopic (exact) mass is 954 g/mol. The summed E-state index contributed by atoms with van der Waals surface area (Å²) >= 11 is 9.53. The molecule has 0 heterocycles. The van der Waals surface area contributed by atoms with Gasteiger partial charge in [-0.25, -0.2) is 16.8 Å². The average molecular weight is 956 g/mol. The molecule has 0 aliphatic rings. The van der Waals surface area contributed by atoms with Crippen LogP contribution in [0.3, 0.4) is 0 Å². The van der Waals surface area contributed by atoms with Crippen LogP contribution in [0.25, 0.3) is 0 Å². The molecule has 4 aromatic carbocycles. The molecule has 294 valence electrons. The molecule has 0 aromatic heterocycles. The van der Waals surface area contributed by atoms with Gasteiger partial charge < -0.3 is 20.1 Å². The minimum Gasteiger partial charge on any atom is -0.741 e. The predicted molar refractivity (Wildman–Crippen MR) is 198 cm³/mol. The Hall–Kier alpha value is -1.70. The molecule has 4 rings (SSSR count). The Morgan fingerprint density at radius 1 is 0.481 bits per heavy atom. The number of benzene rings is 4. The van der Waals surface area contributed by atoms with Crippen molar-refractivity contribution in [2.45, 2.75) is 23.9 Å². The van der Waals surface area contributed by atoms with Gasteiger partial charge in [0.15, 0.2) is 20.2 Å². The topological polar surface area (TPSA) is 180 Å². The second kappa shape index (κ2) is 27.0. The molecule has 0 aliphatic carbocycles. The van der Waals surface area contributed by atoms with Crippen LogP contribution in [0.1, 0.15) is 12.8 Å². The molecule has 0 saturated heterocycles. The van der Waals surface area contributed by atoms with E-state index in [9.17, 15) is 26.3 Å². The maximum Gasteiger partial charge on any atom is 2.00 e. The second-order valence-electron chi connectivity index (χ2n) is 9.53. The Bertz CT molecular complexity index is 1500. The van der Waals surface area contributed by atoms with Crippen molar-refractivity contribution < 1.29 is 83.7 Å². The van der Waals surface area contributed by atoms with Gasteiger partial charge in [0, 0.05) is 0 Å². The third kappa shape index (κ3) is 21.3. The second-order valence-corrected chi connectivity index (χ2v) is 18.3. The average Bonchev–Trinajstić information content (AvgIpc) is 3.04. The summed E-state index contributed by atoms with van der Waals surface area (Å²) in [4.78, 5) is 0. The molecule has 4 aromatic rings. The van der Waals surface area contributed by atoms with Gasteiger partial charge in [0.1, 0.15) is 0 Å². The first-order chi connectivity index (χ1) is 22.8. The van der Waals surface area contributed by atoms with Crippen LogP contribution >= 0.6 is 39.0 Å². The molecule has 0 atom stereocenters. The van der Waals surface area contributed by atoms with Crippen molar-refractivity contribution in [3.63, 3.8) is 0 Å². The normalized spacial score (nSPS) is 11.1. The third-order valence-corrected chi connectivity index (χ3v) is 13.1. The molecule has 0 aliphatic heterocycles. The standard InChI is InChI=1S/C28H28P2.CH2Cl2.2CHF3O3S.2H2O.Pd/c1-5-15-25(16-6-1)29(26-17-7-2-8-18-26)23-13-14-24-30(27-19-9-3-10-20-27)28-21-11-4-12-22-28;2-1-3;2*2-1(3,4)8(5,6)7;;;/h1-12,15-22H,13-14,23-24H2;1H2;2*(H,5,6,7);2*1H2;/q;;;;;;+2/p+2. The predicted octanol–water partition coefficient (Wildman–Crippen LogP) is 5.18. The number of unbranched alkanes of at least 4 members (excludes halogenated alkanes) is 1. The third-order valence-electron chi connectivity index (χ3n) is 6.16. The Balaban J connectivity index is -0.000000911. The van der Waals surface area contributed by atoms with Crippen molar-refractivity contribution in [1.82, 2.24) is 0 Å². The van der Waals surface area contributed by atoms with Crippen LogP contribution in [0.5, 0.6) is 0 Å². The smallest absolute Gasteiger partial charge is 0.741 e. The molecule has 21 heteroatoms. The zero-order valence-corrected chi connectivity index (χ0v) is 33.5. The Labute approximate surface area is 325 Å². The summed E-state index contributed by atoms with van der Waals surface area (Å²) < 4.78 is 118. The van der Waals surface area contributed by atoms with Crippen molar-refractivity contribution in [3.8, 4) is 0 Å². The van der Waals surface area contributed by atoms with E-state index in [1.54, 1.807) is 0 Å². The van der Waals surface area contributed by atoms with E-state index in [2.05, 4.69) is 121 Å². The fourth-order valence-corrected chi connectivity index (χ4v) is 9.48. The Kier molecular flexibility index (Phi) is 28.3. The van der Waals surface area contributed by atoms with Gasteiger partial charge in [-0.1, -0.05) is 72.8 Å². The zero-order valence-electron chi connectivity index (χ0n) is 26.8. The largest absolute Gasteiger partial charge is 2.00 e. The van der Waals surface area contributed by atoms with Crippen LogP contribution in [0.2, 0.25) is 0 Å². The summed E-state index contributed by atoms with van der Waals surface area (Å²) in [6, 6.07) is 44.6. The number of alkyl halides is 8. The van der Waals surface area contributed by atoms with Gasteiger partial charge in [0.25, 0.3) is 0 Å². The molecule has 0 saturated carbocycles. The minimum atomic E-state index is -6.09. The summed E-state index contributed by atoms with van der Waals surface area (Å²) in [6.07, 6.45) is 5.20. The van der Waals surface area contributed by atoms with E-state index >= 15 is 0 Å². The molecule has 52 heavy (non-hydrogen) atoms. The Morgan fingerprint density at radius 3 is 0.769 bits per heavy atom. The quantitative estimate of drug-likeness (QED) is 0.0326. The van der Waals surface area contributed by atoms with Crippen molar-refractivity contribution in [3.05, 3.63) is 121 Å². The van der Waals surface area contributed by atoms with E-state index in [4.69, 9.17) is 49.1 Å². The first-order valence-corrected chi connectivity index (χ1v) is 21.2. The zero-order chi connectivity index (χ0) is 37.1. The number of rotatable bonds is 9. The Morgan fingerprint density at radius 2 is 0.635 bits per heavy atom. The number of hydrogen-bond donors (Lipinski definition) is 0. The SMILES string of the molecule is ClCCl.O=S(=O)([O-])C(F)(F)F.O=S(=O)([O-])C(F)(F)F.[OH3+].[OH3+].[Pd+2].c1ccc([PH+](CCCC[PH+](c2ccccc2)c2ccccc2)c2ccccc2)cc1. The van der Waals surface area contributed by atoms with E-state index < -0.39 is 47.1 Å². The first kappa shape index (κ1) is 54.6. The van der Waals surface area contributed by atoms with E-state index in [0.717, 1.165) is 0 Å². The summed E-state index contributed by atoms with van der Waals surface area (Å²) in [5, 5.41) is 6.33. The minimum absolute atomic E-state index is 0. The number of hydrogen-bond acceptors (Lipinski definition) is 6. The summed E-state index contributed by atoms with van der Waals surface area (Å²) in [5.41, 5.74) is -11.3. The van der Waals surface area contributed by atoms with Crippen molar-refractivity contribution in [1.29, 1.82) is 0 Å². The summed E-state index contributed by atoms with van der Waals surface area (Å²) in [5.74, 6) is 0. The van der Waals surface area contributed by atoms with Crippen LogP contribution in [0, 0.1) is 0 Å². The van der Waals surface area contributed by atoms with Crippen molar-refractivity contribution >= 4 is 80.5 Å². The molecule has 0 amide bonds. The van der Waals surface area contributed by atoms with Gasteiger partial charge in [0.2, 0.25) is 0 Å².